The van der Waals surface area contributed by atoms with Crippen molar-refractivity contribution in [3.63, 3.8) is 0 Å². The predicted octanol–water partition coefficient (Wildman–Crippen LogP) is 3.33. The van der Waals surface area contributed by atoms with Crippen LogP contribution in [0.4, 0.5) is 0 Å². The Kier molecular flexibility index (Phi) is 5.16. The van der Waals surface area contributed by atoms with Crippen molar-refractivity contribution < 1.29 is 0 Å². The van der Waals surface area contributed by atoms with Crippen LogP contribution in [0.15, 0.2) is 16.0 Å². The van der Waals surface area contributed by atoms with E-state index in [1.54, 1.807) is 11.3 Å². The monoisotopic (exact) mass is 440 g/mol. The summed E-state index contributed by atoms with van der Waals surface area (Å²) < 4.78 is 3.92. The second kappa shape index (κ2) is 6.44. The third-order valence-corrected chi connectivity index (χ3v) is 4.99. The zero-order chi connectivity index (χ0) is 13.1. The minimum atomic E-state index is 0.138. The standard InChI is InChI=1S/C11H14BrIN4S/c1-3-4-14-9(7-5-8(13)18-6-7)10-11(12)15-16-17(10)2/h5-6,9,14H,3-4H2,1-2H3. The summed E-state index contributed by atoms with van der Waals surface area (Å²) in [5.74, 6) is 0. The third kappa shape index (κ3) is 3.12. The van der Waals surface area contributed by atoms with Gasteiger partial charge in [0.2, 0.25) is 0 Å². The largest absolute Gasteiger partial charge is 0.305 e. The summed E-state index contributed by atoms with van der Waals surface area (Å²) in [5, 5.41) is 13.9. The van der Waals surface area contributed by atoms with E-state index in [-0.39, 0.29) is 6.04 Å². The van der Waals surface area contributed by atoms with Crippen LogP contribution in [0, 0.1) is 2.88 Å². The molecule has 0 aliphatic rings. The number of thiophene rings is 1. The molecule has 98 valence electrons. The lowest BCUT2D eigenvalue weighted by molar-refractivity contribution is 0.550. The lowest BCUT2D eigenvalue weighted by Gasteiger charge is -2.17. The van der Waals surface area contributed by atoms with Crippen LogP contribution < -0.4 is 5.32 Å². The van der Waals surface area contributed by atoms with Crippen molar-refractivity contribution in [2.75, 3.05) is 6.54 Å². The summed E-state index contributed by atoms with van der Waals surface area (Å²) in [6.07, 6.45) is 1.10. The summed E-state index contributed by atoms with van der Waals surface area (Å²) >= 11 is 7.59. The van der Waals surface area contributed by atoms with Gasteiger partial charge in [0, 0.05) is 7.05 Å². The van der Waals surface area contributed by atoms with E-state index in [0.29, 0.717) is 0 Å². The molecule has 4 nitrogen and oxygen atoms in total. The fourth-order valence-corrected chi connectivity index (χ4v) is 3.74. The van der Waals surface area contributed by atoms with Crippen molar-refractivity contribution in [3.05, 3.63) is 30.2 Å². The number of nitrogens with one attached hydrogen (secondary N) is 1. The van der Waals surface area contributed by atoms with Crippen LogP contribution in [0.25, 0.3) is 0 Å². The van der Waals surface area contributed by atoms with Crippen LogP contribution in [0.2, 0.25) is 0 Å². The minimum absolute atomic E-state index is 0.138. The molecule has 18 heavy (non-hydrogen) atoms. The van der Waals surface area contributed by atoms with Gasteiger partial charge in [-0.3, -0.25) is 0 Å². The number of rotatable bonds is 5. The Labute approximate surface area is 132 Å². The van der Waals surface area contributed by atoms with Gasteiger partial charge >= 0.3 is 0 Å². The van der Waals surface area contributed by atoms with E-state index in [2.05, 4.69) is 72.5 Å². The Morgan fingerprint density at radius 2 is 2.39 bits per heavy atom. The van der Waals surface area contributed by atoms with Gasteiger partial charge in [0.05, 0.1) is 14.6 Å². The molecule has 1 N–H and O–H groups in total. The summed E-state index contributed by atoms with van der Waals surface area (Å²) in [5.41, 5.74) is 2.33. The normalized spacial score (nSPS) is 12.9. The van der Waals surface area contributed by atoms with Gasteiger partial charge in [0.25, 0.3) is 0 Å². The highest BCUT2D eigenvalue weighted by atomic mass is 127. The van der Waals surface area contributed by atoms with Gasteiger partial charge in [-0.25, -0.2) is 4.68 Å². The number of hydrogen-bond donors (Lipinski definition) is 1. The van der Waals surface area contributed by atoms with E-state index in [4.69, 9.17) is 0 Å². The maximum absolute atomic E-state index is 4.07. The Bertz CT molecular complexity index is 505. The first kappa shape index (κ1) is 14.4. The highest BCUT2D eigenvalue weighted by Gasteiger charge is 2.22. The molecule has 0 radical (unpaired) electrons. The molecular weight excluding hydrogens is 427 g/mol. The van der Waals surface area contributed by atoms with Gasteiger partial charge < -0.3 is 5.32 Å². The van der Waals surface area contributed by atoms with Crippen molar-refractivity contribution in [2.45, 2.75) is 19.4 Å². The first-order chi connectivity index (χ1) is 8.63. The van der Waals surface area contributed by atoms with E-state index < -0.39 is 0 Å². The maximum Gasteiger partial charge on any atom is 0.153 e. The number of hydrogen-bond acceptors (Lipinski definition) is 4. The first-order valence-corrected chi connectivity index (χ1v) is 8.41. The van der Waals surface area contributed by atoms with Gasteiger partial charge in [-0.05, 0) is 68.5 Å². The van der Waals surface area contributed by atoms with Crippen molar-refractivity contribution in [2.24, 2.45) is 7.05 Å². The minimum Gasteiger partial charge on any atom is -0.305 e. The number of aromatic nitrogens is 3. The highest BCUT2D eigenvalue weighted by Crippen LogP contribution is 2.30. The molecular formula is C11H14BrIN4S. The summed E-state index contributed by atoms with van der Waals surface area (Å²) in [6.45, 7) is 3.13. The van der Waals surface area contributed by atoms with Crippen LogP contribution in [0.1, 0.15) is 30.6 Å². The number of nitrogens with zero attached hydrogens (tertiary/aromatic N) is 3. The van der Waals surface area contributed by atoms with Crippen molar-refractivity contribution in [3.8, 4) is 0 Å². The molecule has 1 unspecified atom stereocenters. The van der Waals surface area contributed by atoms with E-state index in [1.807, 2.05) is 11.7 Å². The zero-order valence-electron chi connectivity index (χ0n) is 10.2. The average Bonchev–Trinajstić information content (AvgIpc) is 2.90. The first-order valence-electron chi connectivity index (χ1n) is 5.65. The molecule has 2 rings (SSSR count). The molecule has 2 aromatic heterocycles. The molecule has 0 saturated carbocycles. The van der Waals surface area contributed by atoms with E-state index in [9.17, 15) is 0 Å². The lowest BCUT2D eigenvalue weighted by Crippen LogP contribution is -2.25. The number of halogens is 2. The van der Waals surface area contributed by atoms with Gasteiger partial charge in [-0.2, -0.15) is 0 Å². The molecule has 0 bridgehead atoms. The molecule has 0 fully saturated rings. The predicted molar refractivity (Wildman–Crippen MR) is 85.9 cm³/mol. The Morgan fingerprint density at radius 1 is 1.61 bits per heavy atom. The lowest BCUT2D eigenvalue weighted by atomic mass is 10.1. The van der Waals surface area contributed by atoms with Crippen LogP contribution >= 0.6 is 49.9 Å². The molecule has 0 aliphatic carbocycles. The van der Waals surface area contributed by atoms with Crippen molar-refractivity contribution >= 4 is 49.9 Å². The topological polar surface area (TPSA) is 42.7 Å². The van der Waals surface area contributed by atoms with E-state index in [1.165, 1.54) is 8.45 Å². The molecule has 1 atom stereocenters. The van der Waals surface area contributed by atoms with Gasteiger partial charge in [0.1, 0.15) is 0 Å². The molecule has 7 heteroatoms. The summed E-state index contributed by atoms with van der Waals surface area (Å²) in [4.78, 5) is 0. The Balaban J connectivity index is 2.36. The fraction of sp³-hybridized carbons (Fsp3) is 0.455. The molecule has 0 spiro atoms. The zero-order valence-corrected chi connectivity index (χ0v) is 14.7. The van der Waals surface area contributed by atoms with Crippen molar-refractivity contribution in [1.29, 1.82) is 0 Å². The number of aryl methyl sites for hydroxylation is 1. The smallest absolute Gasteiger partial charge is 0.153 e. The molecule has 2 heterocycles. The molecule has 0 aromatic carbocycles. The Hall–Kier alpha value is 0.01000. The molecule has 0 amide bonds. The molecule has 0 saturated heterocycles. The van der Waals surface area contributed by atoms with Crippen LogP contribution in [-0.4, -0.2) is 21.5 Å². The molecule has 2 aromatic rings. The van der Waals surface area contributed by atoms with Gasteiger partial charge in [0.15, 0.2) is 4.60 Å². The van der Waals surface area contributed by atoms with Crippen LogP contribution in [0.5, 0.6) is 0 Å². The Morgan fingerprint density at radius 3 is 2.89 bits per heavy atom. The van der Waals surface area contributed by atoms with Gasteiger partial charge in [-0.15, -0.1) is 16.4 Å². The van der Waals surface area contributed by atoms with Crippen LogP contribution in [-0.2, 0) is 7.05 Å². The van der Waals surface area contributed by atoms with Crippen molar-refractivity contribution in [1.82, 2.24) is 20.3 Å². The quantitative estimate of drug-likeness (QED) is 0.725. The SMILES string of the molecule is CCCNC(c1csc(I)c1)c1c(Br)nnn1C. The summed E-state index contributed by atoms with van der Waals surface area (Å²) in [7, 11) is 1.92. The van der Waals surface area contributed by atoms with E-state index >= 15 is 0 Å². The van der Waals surface area contributed by atoms with E-state index in [0.717, 1.165) is 23.3 Å². The summed E-state index contributed by atoms with van der Waals surface area (Å²) in [6, 6.07) is 2.34. The average molecular weight is 441 g/mol. The second-order valence-corrected chi connectivity index (χ2v) is 7.52. The third-order valence-electron chi connectivity index (χ3n) is 2.62. The molecule has 0 aliphatic heterocycles. The van der Waals surface area contributed by atoms with Gasteiger partial charge in [-0.1, -0.05) is 12.1 Å². The highest BCUT2D eigenvalue weighted by molar-refractivity contribution is 14.1. The van der Waals surface area contributed by atoms with Crippen LogP contribution in [0.3, 0.4) is 0 Å². The second-order valence-electron chi connectivity index (χ2n) is 3.96. The fourth-order valence-electron chi connectivity index (χ4n) is 1.78. The maximum atomic E-state index is 4.07.